The van der Waals surface area contributed by atoms with E-state index >= 15 is 0 Å². The minimum Gasteiger partial charge on any atom is -0.405 e. The number of aryl methyl sites for hydroxylation is 2. The van der Waals surface area contributed by atoms with Crippen LogP contribution in [0.25, 0.3) is 11.0 Å². The van der Waals surface area contributed by atoms with Gasteiger partial charge in [0.25, 0.3) is 11.5 Å². The molecule has 9 nitrogen and oxygen atoms in total. The number of aromatic nitrogens is 4. The van der Waals surface area contributed by atoms with Crippen molar-refractivity contribution >= 4 is 22.8 Å². The number of aromatic amines is 1. The third-order valence-corrected chi connectivity index (χ3v) is 5.34. The van der Waals surface area contributed by atoms with Crippen LogP contribution in [-0.4, -0.2) is 32.2 Å². The minimum atomic E-state index is -0.318. The molecule has 0 aliphatic heterocycles. The Morgan fingerprint density at radius 3 is 2.74 bits per heavy atom. The highest BCUT2D eigenvalue weighted by atomic mass is 16.1. The van der Waals surface area contributed by atoms with Gasteiger partial charge in [0.2, 0.25) is 0 Å². The molecule has 178 valence electrons. The molecular weight excluding hydrogens is 430 g/mol. The Kier molecular flexibility index (Phi) is 7.68. The SMILES string of the molecule is C=C/C=C(\C=C/N)CNc1cc(C(=O)NCc2c(C)cc(C)[nH]c2=O)c2cnn(C(C)C)c2n1. The zero-order valence-corrected chi connectivity index (χ0v) is 20.0. The van der Waals surface area contributed by atoms with Crippen molar-refractivity contribution in [1.82, 2.24) is 25.1 Å². The Balaban J connectivity index is 1.95. The van der Waals surface area contributed by atoms with E-state index in [1.807, 2.05) is 39.8 Å². The Labute approximate surface area is 198 Å². The summed E-state index contributed by atoms with van der Waals surface area (Å²) in [4.78, 5) is 33.0. The summed E-state index contributed by atoms with van der Waals surface area (Å²) in [6, 6.07) is 3.63. The van der Waals surface area contributed by atoms with Crippen molar-refractivity contribution in [1.29, 1.82) is 0 Å². The average molecular weight is 462 g/mol. The number of nitrogens with one attached hydrogen (secondary N) is 3. The topological polar surface area (TPSA) is 131 Å². The van der Waals surface area contributed by atoms with Gasteiger partial charge in [0, 0.05) is 30.4 Å². The van der Waals surface area contributed by atoms with Crippen LogP contribution in [0.3, 0.4) is 0 Å². The number of rotatable bonds is 9. The predicted molar refractivity (Wildman–Crippen MR) is 136 cm³/mol. The highest BCUT2D eigenvalue weighted by Crippen LogP contribution is 2.23. The molecule has 3 rings (SSSR count). The monoisotopic (exact) mass is 461 g/mol. The summed E-state index contributed by atoms with van der Waals surface area (Å²) in [5.41, 5.74) is 9.36. The zero-order chi connectivity index (χ0) is 24.8. The number of carbonyl (C=O) groups is 1. The quantitative estimate of drug-likeness (QED) is 0.362. The first-order chi connectivity index (χ1) is 16.2. The lowest BCUT2D eigenvalue weighted by Crippen LogP contribution is -2.28. The molecule has 0 unspecified atom stereocenters. The Hall–Kier alpha value is -4.14. The molecule has 0 aromatic carbocycles. The van der Waals surface area contributed by atoms with E-state index in [9.17, 15) is 9.59 Å². The van der Waals surface area contributed by atoms with E-state index in [2.05, 4.69) is 27.3 Å². The fourth-order valence-corrected chi connectivity index (χ4v) is 3.68. The van der Waals surface area contributed by atoms with E-state index in [-0.39, 0.29) is 24.1 Å². The summed E-state index contributed by atoms with van der Waals surface area (Å²) in [5, 5.41) is 11.2. The summed E-state index contributed by atoms with van der Waals surface area (Å²) < 4.78 is 1.77. The number of fused-ring (bicyclic) bond motifs is 1. The van der Waals surface area contributed by atoms with Crippen LogP contribution in [0.15, 0.2) is 59.7 Å². The number of H-pyrrole nitrogens is 1. The van der Waals surface area contributed by atoms with E-state index in [1.54, 1.807) is 29.1 Å². The molecule has 9 heteroatoms. The largest absolute Gasteiger partial charge is 0.405 e. The van der Waals surface area contributed by atoms with E-state index in [4.69, 9.17) is 10.7 Å². The van der Waals surface area contributed by atoms with Gasteiger partial charge in [-0.25, -0.2) is 9.67 Å². The normalized spacial score (nSPS) is 12.0. The molecule has 0 aliphatic carbocycles. The van der Waals surface area contributed by atoms with Gasteiger partial charge in [0.1, 0.15) is 5.82 Å². The fraction of sp³-hybridized carbons (Fsp3) is 0.280. The molecule has 34 heavy (non-hydrogen) atoms. The third-order valence-electron chi connectivity index (χ3n) is 5.34. The van der Waals surface area contributed by atoms with Crippen LogP contribution in [-0.2, 0) is 6.54 Å². The van der Waals surface area contributed by atoms with Crippen LogP contribution in [0.2, 0.25) is 0 Å². The van der Waals surface area contributed by atoms with Crippen molar-refractivity contribution < 1.29 is 4.79 Å². The summed E-state index contributed by atoms with van der Waals surface area (Å²) in [6.07, 6.45) is 8.37. The number of pyridine rings is 2. The van der Waals surface area contributed by atoms with Gasteiger partial charge < -0.3 is 21.4 Å². The van der Waals surface area contributed by atoms with Crippen LogP contribution in [0, 0.1) is 13.8 Å². The van der Waals surface area contributed by atoms with Gasteiger partial charge in [-0.1, -0.05) is 18.7 Å². The van der Waals surface area contributed by atoms with E-state index < -0.39 is 0 Å². The lowest BCUT2D eigenvalue weighted by atomic mass is 10.1. The number of amides is 1. The molecule has 5 N–H and O–H groups in total. The standard InChI is InChI=1S/C25H31N7O2/c1-6-7-18(8-9-26)12-27-22-11-19(21-14-29-32(15(2)3)23(21)31-22)24(33)28-13-20-16(4)10-17(5)30-25(20)34/h6-11,14-15H,1,12-13,26H2,2-5H3,(H,27,31)(H,28,33)(H,30,34)/b9-8-,18-7+. The molecular formula is C25H31N7O2. The summed E-state index contributed by atoms with van der Waals surface area (Å²) >= 11 is 0. The fourth-order valence-electron chi connectivity index (χ4n) is 3.68. The van der Waals surface area contributed by atoms with Crippen molar-refractivity contribution in [2.75, 3.05) is 11.9 Å². The highest BCUT2D eigenvalue weighted by Gasteiger charge is 2.18. The van der Waals surface area contributed by atoms with Crippen LogP contribution >= 0.6 is 0 Å². The molecule has 3 aromatic heterocycles. The second kappa shape index (κ2) is 10.7. The molecule has 1 amide bonds. The van der Waals surface area contributed by atoms with Gasteiger partial charge in [-0.05, 0) is 63.2 Å². The predicted octanol–water partition coefficient (Wildman–Crippen LogP) is 3.24. The van der Waals surface area contributed by atoms with Gasteiger partial charge in [-0.3, -0.25) is 9.59 Å². The summed E-state index contributed by atoms with van der Waals surface area (Å²) in [7, 11) is 0. The van der Waals surface area contributed by atoms with Gasteiger partial charge >= 0.3 is 0 Å². The van der Waals surface area contributed by atoms with Gasteiger partial charge in [-0.2, -0.15) is 5.10 Å². The van der Waals surface area contributed by atoms with Gasteiger partial charge in [-0.15, -0.1) is 0 Å². The number of nitrogens with two attached hydrogens (primary N) is 1. The van der Waals surface area contributed by atoms with Gasteiger partial charge in [0.05, 0.1) is 17.1 Å². The van der Waals surface area contributed by atoms with Crippen molar-refractivity contribution in [3.05, 3.63) is 87.6 Å². The first kappa shape index (κ1) is 24.5. The molecule has 0 aliphatic rings. The Bertz CT molecular complexity index is 1330. The van der Waals surface area contributed by atoms with Crippen molar-refractivity contribution in [3.8, 4) is 0 Å². The van der Waals surface area contributed by atoms with Crippen LogP contribution in [0.1, 0.15) is 47.1 Å². The lowest BCUT2D eigenvalue weighted by Gasteiger charge is -2.13. The first-order valence-corrected chi connectivity index (χ1v) is 11.0. The molecule has 3 heterocycles. The minimum absolute atomic E-state index is 0.0568. The highest BCUT2D eigenvalue weighted by molar-refractivity contribution is 6.06. The van der Waals surface area contributed by atoms with Gasteiger partial charge in [0.15, 0.2) is 5.65 Å². The van der Waals surface area contributed by atoms with E-state index in [0.29, 0.717) is 34.5 Å². The maximum absolute atomic E-state index is 13.2. The molecule has 3 aromatic rings. The van der Waals surface area contributed by atoms with Crippen molar-refractivity contribution in [3.63, 3.8) is 0 Å². The Morgan fingerprint density at radius 2 is 2.09 bits per heavy atom. The maximum atomic E-state index is 13.2. The number of nitrogens with zero attached hydrogens (tertiary/aromatic N) is 3. The number of carbonyl (C=O) groups excluding carboxylic acids is 1. The average Bonchev–Trinajstić information content (AvgIpc) is 3.20. The molecule has 0 saturated heterocycles. The Morgan fingerprint density at radius 1 is 1.32 bits per heavy atom. The molecule has 0 atom stereocenters. The molecule has 0 bridgehead atoms. The zero-order valence-electron chi connectivity index (χ0n) is 20.0. The smallest absolute Gasteiger partial charge is 0.253 e. The number of hydrogen-bond donors (Lipinski definition) is 4. The van der Waals surface area contributed by atoms with E-state index in [1.165, 1.54) is 6.20 Å². The van der Waals surface area contributed by atoms with Crippen molar-refractivity contribution in [2.45, 2.75) is 40.3 Å². The second-order valence-corrected chi connectivity index (χ2v) is 8.29. The molecule has 0 fully saturated rings. The molecule has 0 saturated carbocycles. The first-order valence-electron chi connectivity index (χ1n) is 11.0. The van der Waals surface area contributed by atoms with Crippen LogP contribution in [0.4, 0.5) is 5.82 Å². The number of allylic oxidation sites excluding steroid dienone is 2. The van der Waals surface area contributed by atoms with Crippen LogP contribution in [0.5, 0.6) is 0 Å². The second-order valence-electron chi connectivity index (χ2n) is 8.29. The maximum Gasteiger partial charge on any atom is 0.253 e. The number of hydrogen-bond acceptors (Lipinski definition) is 6. The molecule has 0 radical (unpaired) electrons. The number of anilines is 1. The van der Waals surface area contributed by atoms with E-state index in [0.717, 1.165) is 16.8 Å². The third kappa shape index (κ3) is 5.43. The van der Waals surface area contributed by atoms with Crippen molar-refractivity contribution in [2.24, 2.45) is 5.73 Å². The molecule has 0 spiro atoms. The summed E-state index contributed by atoms with van der Waals surface area (Å²) in [5.74, 6) is 0.201. The van der Waals surface area contributed by atoms with Crippen LogP contribution < -0.4 is 21.9 Å². The lowest BCUT2D eigenvalue weighted by molar-refractivity contribution is 0.0952. The summed E-state index contributed by atoms with van der Waals surface area (Å²) in [6.45, 7) is 11.9.